The van der Waals surface area contributed by atoms with Gasteiger partial charge in [0.05, 0.1) is 11.8 Å². The van der Waals surface area contributed by atoms with Crippen molar-refractivity contribution in [3.63, 3.8) is 0 Å². The van der Waals surface area contributed by atoms with Gasteiger partial charge in [0.2, 0.25) is 27.7 Å². The number of halogens is 2. The summed E-state index contributed by atoms with van der Waals surface area (Å²) in [7, 11) is -4.00. The van der Waals surface area contributed by atoms with Gasteiger partial charge in [-0.2, -0.15) is 0 Å². The number of hydrogen-bond acceptors (Lipinski definition) is 10. The molecule has 7 rings (SSSR count). The van der Waals surface area contributed by atoms with Gasteiger partial charge in [-0.1, -0.05) is 32.4 Å². The lowest BCUT2D eigenvalue weighted by Gasteiger charge is -2.47. The Bertz CT molecular complexity index is 2140. The molecule has 0 spiro atoms. The Morgan fingerprint density at radius 1 is 1.10 bits per heavy atom. The fourth-order valence-corrected chi connectivity index (χ4v) is 10.1. The minimum atomic E-state index is -4.00. The standard InChI is InChI=1S/C41H53F2N5O10S/c1-6-24-19-23(2)9-7-8-10-25-21-41(25,37(51)46-59(54,55)27-11-12-27)45-34(49)30-20-26(22-47(30)36(50)32(24)48(38(52)53)39(3,4)40(5,42)43)58-35-29-13-14-31-33(57-18-17-56-31)28(29)15-16-44-35/h8,10,13-16,23-27,30,32H,6-7,9,11-12,17-22H2,1-5H3,(H,45,49)(H,46,51)(H,52,53)/t23-,24-,25-,26-,30+,32+,41-/m1/s1. The van der Waals surface area contributed by atoms with E-state index in [2.05, 4.69) is 15.0 Å². The second-order valence-electron chi connectivity index (χ2n) is 17.3. The van der Waals surface area contributed by atoms with Crippen LogP contribution in [0.1, 0.15) is 86.0 Å². The Morgan fingerprint density at radius 3 is 2.51 bits per heavy atom. The first-order valence-electron chi connectivity index (χ1n) is 20.4. The molecule has 59 heavy (non-hydrogen) atoms. The van der Waals surface area contributed by atoms with E-state index in [1.807, 2.05) is 13.0 Å². The summed E-state index contributed by atoms with van der Waals surface area (Å²) < 4.78 is 77.1. The second-order valence-corrected chi connectivity index (χ2v) is 19.3. The highest BCUT2D eigenvalue weighted by Gasteiger charge is 2.63. The van der Waals surface area contributed by atoms with Crippen molar-refractivity contribution >= 4 is 44.6 Å². The molecule has 15 nitrogen and oxygen atoms in total. The number of nitrogens with one attached hydrogen (secondary N) is 2. The highest BCUT2D eigenvalue weighted by molar-refractivity contribution is 7.91. The molecule has 0 bridgehead atoms. The number of aromatic nitrogens is 1. The van der Waals surface area contributed by atoms with E-state index < -0.39 is 86.1 Å². The van der Waals surface area contributed by atoms with Crippen molar-refractivity contribution in [2.75, 3.05) is 19.8 Å². The van der Waals surface area contributed by atoms with Crippen molar-refractivity contribution in [1.29, 1.82) is 0 Å². The molecule has 322 valence electrons. The number of amides is 4. The van der Waals surface area contributed by atoms with Crippen LogP contribution in [0.5, 0.6) is 17.4 Å². The van der Waals surface area contributed by atoms with Crippen LogP contribution in [0.25, 0.3) is 10.8 Å². The number of rotatable bonds is 9. The van der Waals surface area contributed by atoms with E-state index in [-0.39, 0.29) is 37.6 Å². The van der Waals surface area contributed by atoms with Gasteiger partial charge in [0.1, 0.15) is 42.5 Å². The van der Waals surface area contributed by atoms with Crippen LogP contribution in [0, 0.1) is 17.8 Å². The van der Waals surface area contributed by atoms with Gasteiger partial charge in [0.25, 0.3) is 11.8 Å². The highest BCUT2D eigenvalue weighted by Crippen LogP contribution is 2.47. The predicted octanol–water partition coefficient (Wildman–Crippen LogP) is 5.02. The Balaban J connectivity index is 1.30. The number of allylic oxidation sites excluding steroid dienone is 1. The zero-order valence-electron chi connectivity index (χ0n) is 33.9. The first-order valence-corrected chi connectivity index (χ1v) is 21.9. The van der Waals surface area contributed by atoms with Gasteiger partial charge in [0, 0.05) is 36.2 Å². The number of pyridine rings is 1. The maximum absolute atomic E-state index is 15.5. The summed E-state index contributed by atoms with van der Waals surface area (Å²) in [5.74, 6) is -6.34. The predicted molar refractivity (Wildman–Crippen MR) is 211 cm³/mol. The number of carbonyl (C=O) groups is 4. The number of alkyl halides is 2. The van der Waals surface area contributed by atoms with Gasteiger partial charge in [-0.15, -0.1) is 0 Å². The van der Waals surface area contributed by atoms with Crippen molar-refractivity contribution in [2.45, 2.75) is 126 Å². The number of benzene rings is 1. The van der Waals surface area contributed by atoms with Crippen molar-refractivity contribution in [1.82, 2.24) is 24.8 Å². The summed E-state index contributed by atoms with van der Waals surface area (Å²) in [4.78, 5) is 63.2. The number of fused-ring (bicyclic) bond motifs is 5. The zero-order valence-corrected chi connectivity index (χ0v) is 34.7. The summed E-state index contributed by atoms with van der Waals surface area (Å²) in [5, 5.41) is 14.0. The van der Waals surface area contributed by atoms with Crippen LogP contribution in [-0.4, -0.2) is 112 Å². The molecule has 2 saturated carbocycles. The van der Waals surface area contributed by atoms with Crippen LogP contribution in [0.3, 0.4) is 0 Å². The number of carboxylic acid groups (broad SMARTS) is 1. The molecule has 2 aliphatic carbocycles. The van der Waals surface area contributed by atoms with Gasteiger partial charge >= 0.3 is 6.09 Å². The van der Waals surface area contributed by atoms with Crippen LogP contribution in [-0.2, 0) is 24.4 Å². The minimum Gasteiger partial charge on any atom is -0.486 e. The molecule has 5 aliphatic rings. The third-order valence-corrected chi connectivity index (χ3v) is 14.6. The van der Waals surface area contributed by atoms with Crippen LogP contribution >= 0.6 is 0 Å². The van der Waals surface area contributed by atoms with E-state index in [0.29, 0.717) is 79.4 Å². The molecule has 0 radical (unpaired) electrons. The van der Waals surface area contributed by atoms with E-state index in [9.17, 15) is 27.9 Å². The summed E-state index contributed by atoms with van der Waals surface area (Å²) in [6.45, 7) is 6.92. The molecule has 3 N–H and O–H groups in total. The third-order valence-electron chi connectivity index (χ3n) is 12.8. The number of nitrogens with zero attached hydrogens (tertiary/aromatic N) is 3. The molecule has 0 unspecified atom stereocenters. The fraction of sp³-hybridized carbons (Fsp3) is 0.634. The molecule has 18 heteroatoms. The van der Waals surface area contributed by atoms with Crippen molar-refractivity contribution in [3.8, 4) is 17.4 Å². The molecule has 3 fully saturated rings. The monoisotopic (exact) mass is 845 g/mol. The van der Waals surface area contributed by atoms with E-state index in [0.717, 1.165) is 13.8 Å². The second kappa shape index (κ2) is 15.7. The first-order chi connectivity index (χ1) is 27.8. The molecule has 2 aromatic rings. The average Bonchev–Trinajstić information content (AvgIpc) is 4.10. The van der Waals surface area contributed by atoms with Crippen molar-refractivity contribution in [3.05, 3.63) is 36.5 Å². The summed E-state index contributed by atoms with van der Waals surface area (Å²) in [6.07, 6.45) is 4.96. The molecule has 7 atom stereocenters. The number of hydrogen-bond donors (Lipinski definition) is 3. The summed E-state index contributed by atoms with van der Waals surface area (Å²) >= 11 is 0. The maximum atomic E-state index is 15.5. The van der Waals surface area contributed by atoms with Crippen LogP contribution < -0.4 is 24.2 Å². The van der Waals surface area contributed by atoms with Gasteiger partial charge in [-0.3, -0.25) is 24.0 Å². The number of ether oxygens (including phenoxy) is 3. The SMILES string of the molecule is CC[C@@H]1C[C@H](C)CCC=C[C@@H]2C[C@@]2(C(=O)NS(=O)(=O)C2CC2)NC(=O)[C@@H]2C[C@@H](Oc3nccc4c5c(ccc34)OCCO5)CN2C(=O)[C@H]1N(C(=O)O)C(C)(C)C(C)(F)F. The van der Waals surface area contributed by atoms with Crippen LogP contribution in [0.15, 0.2) is 36.5 Å². The summed E-state index contributed by atoms with van der Waals surface area (Å²) in [5.41, 5.74) is -4.03. The molecule has 1 aromatic carbocycles. The van der Waals surface area contributed by atoms with E-state index >= 15 is 13.6 Å². The third kappa shape index (κ3) is 8.12. The smallest absolute Gasteiger partial charge is 0.408 e. The maximum Gasteiger partial charge on any atom is 0.408 e. The normalized spacial score (nSPS) is 29.0. The van der Waals surface area contributed by atoms with E-state index in [1.165, 1.54) is 11.1 Å². The first kappa shape index (κ1) is 42.4. The molecule has 4 amide bonds. The lowest BCUT2D eigenvalue weighted by atomic mass is 9.81. The van der Waals surface area contributed by atoms with Gasteiger partial charge in [-0.25, -0.2) is 27.0 Å². The zero-order chi connectivity index (χ0) is 42.7. The van der Waals surface area contributed by atoms with Gasteiger partial charge in [-0.05, 0) is 82.4 Å². The number of carbonyl (C=O) groups excluding carboxylic acids is 3. The highest BCUT2D eigenvalue weighted by atomic mass is 32.2. The summed E-state index contributed by atoms with van der Waals surface area (Å²) in [6, 6.07) is 2.17. The largest absolute Gasteiger partial charge is 0.486 e. The lowest BCUT2D eigenvalue weighted by molar-refractivity contribution is -0.157. The quantitative estimate of drug-likeness (QED) is 0.287. The minimum absolute atomic E-state index is 0.0929. The molecule has 1 aromatic heterocycles. The van der Waals surface area contributed by atoms with Crippen molar-refractivity contribution in [2.24, 2.45) is 17.8 Å². The molecule has 1 saturated heterocycles. The molecular weight excluding hydrogens is 793 g/mol. The molecular formula is C41H53F2N5O10S. The molecule has 3 aliphatic heterocycles. The van der Waals surface area contributed by atoms with Gasteiger partial charge < -0.3 is 29.5 Å². The fourth-order valence-electron chi connectivity index (χ4n) is 8.74. The average molecular weight is 846 g/mol. The molecule has 4 heterocycles. The Labute approximate surface area is 342 Å². The van der Waals surface area contributed by atoms with Crippen LogP contribution in [0.4, 0.5) is 13.6 Å². The topological polar surface area (TPSA) is 194 Å². The van der Waals surface area contributed by atoms with Crippen molar-refractivity contribution < 1.29 is 55.7 Å². The Kier molecular flexibility index (Phi) is 11.3. The van der Waals surface area contributed by atoms with E-state index in [4.69, 9.17) is 14.2 Å². The Morgan fingerprint density at radius 2 is 1.83 bits per heavy atom. The van der Waals surface area contributed by atoms with Crippen LogP contribution in [0.2, 0.25) is 0 Å². The lowest BCUT2D eigenvalue weighted by Crippen LogP contribution is -2.67. The number of sulfonamides is 1. The van der Waals surface area contributed by atoms with E-state index in [1.54, 1.807) is 31.2 Å². The van der Waals surface area contributed by atoms with Gasteiger partial charge in [0.15, 0.2) is 11.5 Å². The Hall–Kier alpha value is -4.74.